The van der Waals surface area contributed by atoms with Crippen LogP contribution in [-0.4, -0.2) is 29.4 Å². The van der Waals surface area contributed by atoms with Crippen LogP contribution in [-0.2, 0) is 4.74 Å². The first-order chi connectivity index (χ1) is 5.65. The Morgan fingerprint density at radius 3 is 2.83 bits per heavy atom. The first-order valence-corrected chi connectivity index (χ1v) is 3.96. The van der Waals surface area contributed by atoms with Crippen LogP contribution in [0.5, 0.6) is 0 Å². The normalized spacial score (nSPS) is 9.42. The van der Waals surface area contributed by atoms with Gasteiger partial charge in [0.1, 0.15) is 0 Å². The zero-order valence-electron chi connectivity index (χ0n) is 6.70. The van der Waals surface area contributed by atoms with Crippen LogP contribution in [0.15, 0.2) is 18.2 Å². The molecule has 0 fully saturated rings. The van der Waals surface area contributed by atoms with Crippen LogP contribution in [0.4, 0.5) is 5.69 Å². The van der Waals surface area contributed by atoms with E-state index in [9.17, 15) is 4.79 Å². The van der Waals surface area contributed by atoms with Crippen molar-refractivity contribution in [2.75, 3.05) is 12.8 Å². The van der Waals surface area contributed by atoms with E-state index in [1.54, 1.807) is 12.1 Å². The third-order valence-corrected chi connectivity index (χ3v) is 1.84. The number of hydrogen-bond donors (Lipinski definition) is 1. The molecule has 1 aromatic carbocycles. The van der Waals surface area contributed by atoms with E-state index in [4.69, 9.17) is 5.73 Å². The molecule has 0 saturated carbocycles. The minimum atomic E-state index is -0.406. The number of esters is 1. The number of nitrogens with two attached hydrogens (primary N) is 1. The fraction of sp³-hybridized carbons (Fsp3) is 0.125. The molecule has 0 unspecified atom stereocenters. The van der Waals surface area contributed by atoms with E-state index in [-0.39, 0.29) is 0 Å². The van der Waals surface area contributed by atoms with Gasteiger partial charge in [-0.1, -0.05) is 12.1 Å². The molecule has 1 rings (SSSR count). The molecule has 0 bridgehead atoms. The number of rotatable bonds is 1. The highest BCUT2D eigenvalue weighted by Gasteiger charge is 2.08. The van der Waals surface area contributed by atoms with Crippen molar-refractivity contribution in [3.8, 4) is 0 Å². The zero-order valence-corrected chi connectivity index (χ0v) is 7.86. The number of nitrogen functional groups attached to an aromatic ring is 1. The second kappa shape index (κ2) is 3.62. The van der Waals surface area contributed by atoms with Crippen molar-refractivity contribution in [1.29, 1.82) is 0 Å². The van der Waals surface area contributed by atoms with Crippen LogP contribution in [0.3, 0.4) is 0 Å². The van der Waals surface area contributed by atoms with Gasteiger partial charge in [-0.25, -0.2) is 4.79 Å². The van der Waals surface area contributed by atoms with E-state index in [1.807, 2.05) is 6.07 Å². The monoisotopic (exact) mass is 177 g/mol. The summed E-state index contributed by atoms with van der Waals surface area (Å²) in [6.45, 7) is 0. The summed E-state index contributed by atoms with van der Waals surface area (Å²) in [4.78, 5) is 11.1. The number of ether oxygens (including phenoxy) is 1. The average Bonchev–Trinajstić information content (AvgIpc) is 2.08. The van der Waals surface area contributed by atoms with E-state index in [0.29, 0.717) is 11.3 Å². The molecular weight excluding hydrogens is 169 g/mol. The summed E-state index contributed by atoms with van der Waals surface area (Å²) in [5.41, 5.74) is 6.40. The summed E-state index contributed by atoms with van der Waals surface area (Å²) in [5.74, 6) is -0.406. The lowest BCUT2D eigenvalue weighted by molar-refractivity contribution is 0.0602. The Hall–Kier alpha value is -0.978. The zero-order chi connectivity index (χ0) is 9.14. The highest BCUT2D eigenvalue weighted by atomic mass is 27.0. The Labute approximate surface area is 78.9 Å². The second-order valence-corrected chi connectivity index (χ2v) is 3.00. The molecular formula is C8H8AlNO2. The van der Waals surface area contributed by atoms with Crippen LogP contribution in [0, 0.1) is 0 Å². The highest BCUT2D eigenvalue weighted by Crippen LogP contribution is 2.09. The van der Waals surface area contributed by atoms with Gasteiger partial charge in [-0.2, -0.15) is 0 Å². The van der Waals surface area contributed by atoms with Crippen LogP contribution < -0.4 is 10.2 Å². The predicted molar refractivity (Wildman–Crippen MR) is 47.6 cm³/mol. The molecule has 0 aliphatic heterocycles. The molecule has 1 aromatic rings. The first kappa shape index (κ1) is 9.11. The Kier molecular flexibility index (Phi) is 2.75. The summed E-state index contributed by atoms with van der Waals surface area (Å²) in [7, 11) is 1.33. The summed E-state index contributed by atoms with van der Waals surface area (Å²) >= 11 is 2.49. The van der Waals surface area contributed by atoms with Gasteiger partial charge in [0.2, 0.25) is 0 Å². The van der Waals surface area contributed by atoms with E-state index >= 15 is 0 Å². The molecule has 60 valence electrons. The Morgan fingerprint density at radius 2 is 2.25 bits per heavy atom. The van der Waals surface area contributed by atoms with Gasteiger partial charge >= 0.3 is 5.97 Å². The highest BCUT2D eigenvalue weighted by molar-refractivity contribution is 6.32. The average molecular weight is 177 g/mol. The smallest absolute Gasteiger partial charge is 0.339 e. The molecule has 0 aliphatic carbocycles. The number of carbonyl (C=O) groups excluding carboxylic acids is 1. The van der Waals surface area contributed by atoms with Crippen molar-refractivity contribution in [1.82, 2.24) is 0 Å². The number of hydrogen-bond acceptors (Lipinski definition) is 3. The topological polar surface area (TPSA) is 52.3 Å². The summed E-state index contributed by atoms with van der Waals surface area (Å²) in [5, 5.41) is 0. The van der Waals surface area contributed by atoms with Gasteiger partial charge in [0, 0.05) is 5.69 Å². The third-order valence-electron chi connectivity index (χ3n) is 1.48. The molecule has 0 atom stereocenters. The fourth-order valence-electron chi connectivity index (χ4n) is 0.861. The molecule has 0 amide bonds. The van der Waals surface area contributed by atoms with Crippen molar-refractivity contribution in [3.05, 3.63) is 23.8 Å². The lowest BCUT2D eigenvalue weighted by Crippen LogP contribution is -2.11. The van der Waals surface area contributed by atoms with Gasteiger partial charge in [-0.05, 0) is 6.07 Å². The number of methoxy groups -OCH3 is 1. The maximum atomic E-state index is 11.1. The molecule has 2 N–H and O–H groups in total. The van der Waals surface area contributed by atoms with Crippen LogP contribution in [0.1, 0.15) is 10.4 Å². The number of anilines is 1. The maximum Gasteiger partial charge on any atom is 0.339 e. The standard InChI is InChI=1S/C8H8NO2.Al/c1-11-8(10)6-4-2-3-5-7(6)9;/h3-5H,9H2,1H3;. The van der Waals surface area contributed by atoms with Gasteiger partial charge in [-0.3, -0.25) is 0 Å². The molecule has 0 saturated heterocycles. The molecule has 0 aliphatic rings. The van der Waals surface area contributed by atoms with Crippen molar-refractivity contribution in [2.45, 2.75) is 0 Å². The van der Waals surface area contributed by atoms with E-state index in [2.05, 4.69) is 21.0 Å². The van der Waals surface area contributed by atoms with E-state index in [0.717, 1.165) is 4.43 Å². The molecule has 2 radical (unpaired) electrons. The van der Waals surface area contributed by atoms with Crippen molar-refractivity contribution < 1.29 is 9.53 Å². The lowest BCUT2D eigenvalue weighted by Gasteiger charge is -2.04. The first-order valence-electron chi connectivity index (χ1n) is 3.38. The van der Waals surface area contributed by atoms with Gasteiger partial charge in [0.05, 0.1) is 12.7 Å². The SMILES string of the molecule is COC(=O)c1c[c]([Al])ccc1N. The molecule has 0 heterocycles. The maximum absolute atomic E-state index is 11.1. The minimum Gasteiger partial charge on any atom is -0.465 e. The van der Waals surface area contributed by atoms with E-state index in [1.165, 1.54) is 7.11 Å². The minimum absolute atomic E-state index is 0.406. The van der Waals surface area contributed by atoms with Crippen LogP contribution >= 0.6 is 0 Å². The summed E-state index contributed by atoms with van der Waals surface area (Å²) < 4.78 is 5.45. The fourth-order valence-corrected chi connectivity index (χ4v) is 1.12. The van der Waals surface area contributed by atoms with Crippen LogP contribution in [0.25, 0.3) is 0 Å². The Morgan fingerprint density at radius 1 is 1.58 bits per heavy atom. The molecule has 12 heavy (non-hydrogen) atoms. The van der Waals surface area contributed by atoms with Gasteiger partial charge in [0.25, 0.3) is 0 Å². The molecule has 4 heteroatoms. The van der Waals surface area contributed by atoms with Gasteiger partial charge in [-0.15, -0.1) is 4.43 Å². The molecule has 0 aromatic heterocycles. The Balaban J connectivity index is 3.13. The summed E-state index contributed by atoms with van der Waals surface area (Å²) in [6.07, 6.45) is 0. The van der Waals surface area contributed by atoms with E-state index < -0.39 is 5.97 Å². The number of benzene rings is 1. The summed E-state index contributed by atoms with van der Waals surface area (Å²) in [6, 6.07) is 5.16. The quantitative estimate of drug-likeness (QED) is 0.368. The third kappa shape index (κ3) is 1.79. The molecule has 0 spiro atoms. The molecule has 3 nitrogen and oxygen atoms in total. The van der Waals surface area contributed by atoms with Crippen molar-refractivity contribution in [2.24, 2.45) is 0 Å². The Bertz CT molecular complexity index is 312. The van der Waals surface area contributed by atoms with Crippen LogP contribution in [0.2, 0.25) is 0 Å². The van der Waals surface area contributed by atoms with Crippen molar-refractivity contribution in [3.63, 3.8) is 0 Å². The van der Waals surface area contributed by atoms with Gasteiger partial charge in [0.15, 0.2) is 16.3 Å². The van der Waals surface area contributed by atoms with Crippen molar-refractivity contribution >= 4 is 32.4 Å². The lowest BCUT2D eigenvalue weighted by atomic mass is 10.2. The second-order valence-electron chi connectivity index (χ2n) is 2.34. The number of carbonyl (C=O) groups is 1. The van der Waals surface area contributed by atoms with Gasteiger partial charge < -0.3 is 10.5 Å². The largest absolute Gasteiger partial charge is 0.465 e. The predicted octanol–water partition coefficient (Wildman–Crippen LogP) is -0.151.